The van der Waals surface area contributed by atoms with Crippen LogP contribution in [-0.2, 0) is 6.54 Å². The predicted molar refractivity (Wildman–Crippen MR) is 143 cm³/mol. The van der Waals surface area contributed by atoms with E-state index in [4.69, 9.17) is 0 Å². The molecule has 0 aliphatic carbocycles. The Morgan fingerprint density at radius 3 is 2.34 bits per heavy atom. The highest BCUT2D eigenvalue weighted by atomic mass is 32.2. The summed E-state index contributed by atoms with van der Waals surface area (Å²) in [5, 5.41) is 7.34. The van der Waals surface area contributed by atoms with Crippen molar-refractivity contribution >= 4 is 33.8 Å². The second kappa shape index (κ2) is 11.7. The Balaban J connectivity index is 0.00000342. The number of piperazine rings is 1. The van der Waals surface area contributed by atoms with E-state index in [1.54, 1.807) is 12.1 Å². The van der Waals surface area contributed by atoms with Gasteiger partial charge in [-0.25, -0.2) is 17.5 Å². The van der Waals surface area contributed by atoms with Gasteiger partial charge in [0.15, 0.2) is 0 Å². The number of allylic oxidation sites excluding steroid dienone is 1. The first-order valence-electron chi connectivity index (χ1n) is 11.1. The molecular weight excluding hydrogens is 471 g/mol. The second-order valence-electron chi connectivity index (χ2n) is 8.29. The molecule has 2 aliphatic rings. The van der Waals surface area contributed by atoms with E-state index in [1.807, 2.05) is 37.3 Å². The zero-order valence-corrected chi connectivity index (χ0v) is 19.9. The highest BCUT2D eigenvalue weighted by Crippen LogP contribution is 2.33. The number of nitrogens with zero attached hydrogens (tertiary/aromatic N) is 5. The Labute approximate surface area is 208 Å². The molecule has 188 valence electrons. The van der Waals surface area contributed by atoms with Gasteiger partial charge in [-0.2, -0.15) is 10.2 Å². The summed E-state index contributed by atoms with van der Waals surface area (Å²) in [6.45, 7) is 9.82. The average Bonchev–Trinajstić information content (AvgIpc) is 3.34. The number of benzene rings is 2. The molecule has 0 amide bonds. The number of rotatable bonds is 8. The number of alkyl halides is 2. The van der Waals surface area contributed by atoms with Crippen molar-refractivity contribution in [3.63, 3.8) is 0 Å². The van der Waals surface area contributed by atoms with Crippen LogP contribution in [0.25, 0.3) is 0 Å². The summed E-state index contributed by atoms with van der Waals surface area (Å²) in [6, 6.07) is 14.6. The third-order valence-electron chi connectivity index (χ3n) is 5.97. The molecule has 4 rings (SSSR count). The van der Waals surface area contributed by atoms with Crippen LogP contribution in [0, 0.1) is 5.82 Å². The molecule has 0 N–H and O–H groups in total. The smallest absolute Gasteiger partial charge is 0.278 e. The van der Waals surface area contributed by atoms with Gasteiger partial charge in [0, 0.05) is 55.1 Å². The molecule has 5 nitrogen and oxygen atoms in total. The summed E-state index contributed by atoms with van der Waals surface area (Å²) in [4.78, 5) is 2.26. The molecule has 2 aromatic carbocycles. The van der Waals surface area contributed by atoms with Crippen molar-refractivity contribution in [1.29, 1.82) is 0 Å². The van der Waals surface area contributed by atoms with Gasteiger partial charge in [0.2, 0.25) is 0 Å². The van der Waals surface area contributed by atoms with Crippen LogP contribution in [0.4, 0.5) is 18.9 Å². The first-order valence-corrected chi connectivity index (χ1v) is 12.4. The molecular formula is C26H32F3N5S. The first kappa shape index (κ1) is 26.7. The summed E-state index contributed by atoms with van der Waals surface area (Å²) in [5.41, 5.74) is 3.06. The van der Waals surface area contributed by atoms with E-state index in [1.165, 1.54) is 6.07 Å². The molecule has 0 aromatic heterocycles. The Hall–Kier alpha value is -2.91. The topological polar surface area (TPSA) is 34.4 Å². The molecule has 1 atom stereocenters. The summed E-state index contributed by atoms with van der Waals surface area (Å²) in [6.07, 6.45) is -2.72. The number of anilines is 1. The lowest BCUT2D eigenvalue weighted by Gasteiger charge is -2.41. The molecule has 9 heteroatoms. The normalized spacial score (nSPS) is 17.0. The van der Waals surface area contributed by atoms with Crippen molar-refractivity contribution in [2.75, 3.05) is 30.5 Å². The van der Waals surface area contributed by atoms with Crippen molar-refractivity contribution in [2.24, 2.45) is 10.2 Å². The molecule has 1 saturated heterocycles. The van der Waals surface area contributed by atoms with Crippen molar-refractivity contribution in [1.82, 2.24) is 9.21 Å². The monoisotopic (exact) mass is 503 g/mol. The molecule has 2 aliphatic heterocycles. The Morgan fingerprint density at radius 1 is 1.09 bits per heavy atom. The molecule has 1 unspecified atom stereocenters. The maximum atomic E-state index is 15.2. The molecule has 0 radical (unpaired) electrons. The Kier molecular flexibility index (Phi) is 8.91. The lowest BCUT2D eigenvalue weighted by molar-refractivity contribution is 0.224. The van der Waals surface area contributed by atoms with Crippen molar-refractivity contribution in [3.8, 4) is 0 Å². The number of para-hydroxylation sites is 1. The van der Waals surface area contributed by atoms with Gasteiger partial charge in [0.1, 0.15) is 11.5 Å². The summed E-state index contributed by atoms with van der Waals surface area (Å²) in [7, 11) is -0.531. The van der Waals surface area contributed by atoms with E-state index in [-0.39, 0.29) is 19.6 Å². The lowest BCUT2D eigenvalue weighted by atomic mass is 10.0. The SMILES string of the molecule is C.C=C(C)N1CCN(S(=C)N(Cc2ccc(C3=NN=C(C(F)F)C3)cc2F)c2ccccc2)CC1. The van der Waals surface area contributed by atoms with Crippen LogP contribution < -0.4 is 4.31 Å². The van der Waals surface area contributed by atoms with Gasteiger partial charge < -0.3 is 9.21 Å². The van der Waals surface area contributed by atoms with Gasteiger partial charge >= 0.3 is 0 Å². The van der Waals surface area contributed by atoms with Gasteiger partial charge in [-0.05, 0) is 41.8 Å². The Morgan fingerprint density at radius 2 is 1.77 bits per heavy atom. The zero-order chi connectivity index (χ0) is 24.2. The van der Waals surface area contributed by atoms with Gasteiger partial charge in [-0.3, -0.25) is 0 Å². The number of hydrogen-bond donors (Lipinski definition) is 0. The molecule has 0 spiro atoms. The second-order valence-corrected chi connectivity index (χ2v) is 9.92. The van der Waals surface area contributed by atoms with E-state index >= 15 is 4.39 Å². The zero-order valence-electron chi connectivity index (χ0n) is 19.1. The highest BCUT2D eigenvalue weighted by molar-refractivity contribution is 8.13. The molecule has 0 saturated carbocycles. The average molecular weight is 504 g/mol. The first-order chi connectivity index (χ1) is 16.3. The van der Waals surface area contributed by atoms with Crippen molar-refractivity contribution < 1.29 is 13.2 Å². The fourth-order valence-corrected chi connectivity index (χ4v) is 5.48. The predicted octanol–water partition coefficient (Wildman–Crippen LogP) is 5.96. The minimum absolute atomic E-state index is 0. The van der Waals surface area contributed by atoms with Crippen LogP contribution in [0.2, 0.25) is 0 Å². The number of hydrogen-bond acceptors (Lipinski definition) is 5. The van der Waals surface area contributed by atoms with Crippen LogP contribution in [0.3, 0.4) is 0 Å². The maximum absolute atomic E-state index is 15.2. The third-order valence-corrected chi connectivity index (χ3v) is 7.78. The molecule has 2 heterocycles. The van der Waals surface area contributed by atoms with E-state index in [2.05, 4.69) is 36.2 Å². The largest absolute Gasteiger partial charge is 0.373 e. The van der Waals surface area contributed by atoms with Crippen molar-refractivity contribution in [3.05, 3.63) is 77.8 Å². The summed E-state index contributed by atoms with van der Waals surface area (Å²) < 4.78 is 45.3. The van der Waals surface area contributed by atoms with Gasteiger partial charge in [0.25, 0.3) is 6.43 Å². The third kappa shape index (κ3) is 6.21. The van der Waals surface area contributed by atoms with Gasteiger partial charge in [-0.1, -0.05) is 44.3 Å². The standard InChI is InChI=1S/C25H28F3N5S.CH4/c1-18(2)31-11-13-32(14-12-31)34(3)33(21-7-5-4-6-8-21)17-20-10-9-19(15-22(20)26)23-16-24(25(27)28)30-29-23;/h4-10,15,25H,1,3,11-14,16-17H2,2H3;1H4. The summed E-state index contributed by atoms with van der Waals surface area (Å²) >= 11 is 0. The van der Waals surface area contributed by atoms with Crippen molar-refractivity contribution in [2.45, 2.75) is 33.7 Å². The van der Waals surface area contributed by atoms with Gasteiger partial charge in [0.05, 0.1) is 12.3 Å². The van der Waals surface area contributed by atoms with Crippen LogP contribution in [0.15, 0.2) is 71.0 Å². The van der Waals surface area contributed by atoms with Crippen LogP contribution in [0.1, 0.15) is 31.9 Å². The minimum atomic E-state index is -2.66. The fraction of sp³-hybridized carbons (Fsp3) is 0.346. The fourth-order valence-electron chi connectivity index (χ4n) is 3.96. The molecule has 35 heavy (non-hydrogen) atoms. The number of halogens is 3. The van der Waals surface area contributed by atoms with E-state index in [0.717, 1.165) is 37.6 Å². The Bertz CT molecular complexity index is 1130. The quantitative estimate of drug-likeness (QED) is 0.417. The maximum Gasteiger partial charge on any atom is 0.278 e. The summed E-state index contributed by atoms with van der Waals surface area (Å²) in [5.74, 6) is 4.04. The highest BCUT2D eigenvalue weighted by Gasteiger charge is 2.24. The molecule has 2 aromatic rings. The molecule has 0 bridgehead atoms. The van der Waals surface area contributed by atoms with Crippen LogP contribution in [-0.4, -0.2) is 59.1 Å². The van der Waals surface area contributed by atoms with Gasteiger partial charge in [-0.15, -0.1) is 0 Å². The van der Waals surface area contributed by atoms with Crippen LogP contribution in [0.5, 0.6) is 0 Å². The van der Waals surface area contributed by atoms with E-state index in [9.17, 15) is 8.78 Å². The van der Waals surface area contributed by atoms with Crippen LogP contribution >= 0.6 is 10.9 Å². The van der Waals surface area contributed by atoms with E-state index in [0.29, 0.717) is 23.4 Å². The molecule has 1 fully saturated rings. The minimum Gasteiger partial charge on any atom is -0.373 e. The van der Waals surface area contributed by atoms with E-state index < -0.39 is 23.1 Å². The lowest BCUT2D eigenvalue weighted by Crippen LogP contribution is -2.44.